The first kappa shape index (κ1) is 13.5. The quantitative estimate of drug-likeness (QED) is 0.635. The lowest BCUT2D eigenvalue weighted by molar-refractivity contribution is -0.385. The van der Waals surface area contributed by atoms with E-state index in [0.29, 0.717) is 6.07 Å². The van der Waals surface area contributed by atoms with Gasteiger partial charge < -0.3 is 5.11 Å². The molecule has 0 unspecified atom stereocenters. The molecule has 0 spiro atoms. The normalized spacial score (nSPS) is 10.4. The molecule has 0 aliphatic carbocycles. The molecule has 1 heterocycles. The predicted octanol–water partition coefficient (Wildman–Crippen LogP) is 0.840. The number of nitrogens with one attached hydrogen (secondary N) is 1. The first-order valence-corrected chi connectivity index (χ1v) is 5.35. The van der Waals surface area contributed by atoms with Gasteiger partial charge in [0.25, 0.3) is 11.2 Å². The second-order valence-corrected chi connectivity index (χ2v) is 3.90. The minimum Gasteiger partial charge on any atom is -0.481 e. The fraction of sp³-hybridized carbons (Fsp3) is 0.0909. The van der Waals surface area contributed by atoms with Gasteiger partial charge in [-0.15, -0.1) is 0 Å². The van der Waals surface area contributed by atoms with E-state index < -0.39 is 34.4 Å². The number of rotatable bonds is 4. The summed E-state index contributed by atoms with van der Waals surface area (Å²) >= 11 is 0. The Morgan fingerprint density at radius 3 is 2.75 bits per heavy atom. The Hall–Kier alpha value is -2.97. The van der Waals surface area contributed by atoms with Crippen molar-refractivity contribution in [1.29, 1.82) is 0 Å². The molecule has 0 saturated heterocycles. The number of hydrogen-bond acceptors (Lipinski definition) is 4. The fourth-order valence-electron chi connectivity index (χ4n) is 1.67. The maximum atomic E-state index is 13.7. The van der Waals surface area contributed by atoms with E-state index in [9.17, 15) is 24.1 Å². The van der Waals surface area contributed by atoms with Gasteiger partial charge in [0.2, 0.25) is 0 Å². The molecule has 9 heteroatoms. The zero-order valence-corrected chi connectivity index (χ0v) is 9.87. The number of aliphatic carboxylic acids is 1. The van der Waals surface area contributed by atoms with E-state index in [4.69, 9.17) is 5.11 Å². The molecule has 0 atom stereocenters. The molecule has 0 saturated carbocycles. The molecule has 2 N–H and O–H groups in total. The van der Waals surface area contributed by atoms with Crippen molar-refractivity contribution >= 4 is 11.7 Å². The fourth-order valence-corrected chi connectivity index (χ4v) is 1.67. The molecule has 1 aromatic carbocycles. The summed E-state index contributed by atoms with van der Waals surface area (Å²) < 4.78 is 14.5. The van der Waals surface area contributed by atoms with E-state index in [1.807, 2.05) is 0 Å². The highest BCUT2D eigenvalue weighted by Crippen LogP contribution is 2.18. The SMILES string of the molecule is O=C(O)Cc1c[nH]n(-c2ccc([N+](=O)[O-])cc2F)c1=O. The standard InChI is InChI=1S/C11H8FN3O5/c12-8-4-7(15(19)20)1-2-9(8)14-11(18)6(5-13-14)3-10(16)17/h1-2,4-5,13H,3H2,(H,16,17). The Labute approximate surface area is 110 Å². The smallest absolute Gasteiger partial charge is 0.308 e. The summed E-state index contributed by atoms with van der Waals surface area (Å²) in [4.78, 5) is 32.1. The number of carboxylic acid groups (broad SMARTS) is 1. The molecule has 0 fully saturated rings. The van der Waals surface area contributed by atoms with Gasteiger partial charge in [-0.2, -0.15) is 0 Å². The minimum absolute atomic E-state index is 0.0461. The van der Waals surface area contributed by atoms with E-state index in [0.717, 1.165) is 23.0 Å². The van der Waals surface area contributed by atoms with Crippen LogP contribution in [0.2, 0.25) is 0 Å². The summed E-state index contributed by atoms with van der Waals surface area (Å²) in [6.45, 7) is 0. The average molecular weight is 281 g/mol. The van der Waals surface area contributed by atoms with Crippen LogP contribution in [0.1, 0.15) is 5.56 Å². The van der Waals surface area contributed by atoms with Crippen LogP contribution in [0, 0.1) is 15.9 Å². The molecular formula is C11H8FN3O5. The number of carbonyl (C=O) groups is 1. The third kappa shape index (κ3) is 2.41. The van der Waals surface area contributed by atoms with Crippen molar-refractivity contribution in [3.8, 4) is 5.69 Å². The third-order valence-corrected chi connectivity index (χ3v) is 2.57. The predicted molar refractivity (Wildman–Crippen MR) is 64.3 cm³/mol. The van der Waals surface area contributed by atoms with Crippen molar-refractivity contribution in [1.82, 2.24) is 9.78 Å². The Balaban J connectivity index is 2.47. The summed E-state index contributed by atoms with van der Waals surface area (Å²) in [5, 5.41) is 21.5. The molecule has 0 bridgehead atoms. The summed E-state index contributed by atoms with van der Waals surface area (Å²) in [5.74, 6) is -2.16. The largest absolute Gasteiger partial charge is 0.481 e. The topological polar surface area (TPSA) is 118 Å². The molecule has 0 aliphatic heterocycles. The number of aromatic amines is 1. The number of H-pyrrole nitrogens is 1. The second-order valence-electron chi connectivity index (χ2n) is 3.90. The highest BCUT2D eigenvalue weighted by Gasteiger charge is 2.16. The number of non-ortho nitro benzene ring substituents is 1. The van der Waals surface area contributed by atoms with E-state index in [-0.39, 0.29) is 11.3 Å². The maximum absolute atomic E-state index is 13.7. The number of aromatic nitrogens is 2. The van der Waals surface area contributed by atoms with Gasteiger partial charge in [-0.3, -0.25) is 24.8 Å². The highest BCUT2D eigenvalue weighted by molar-refractivity contribution is 5.69. The number of nitro benzene ring substituents is 1. The molecule has 2 aromatic rings. The summed E-state index contributed by atoms with van der Waals surface area (Å²) in [5.41, 5.74) is -1.44. The summed E-state index contributed by atoms with van der Waals surface area (Å²) in [6, 6.07) is 2.79. The summed E-state index contributed by atoms with van der Waals surface area (Å²) in [7, 11) is 0. The van der Waals surface area contributed by atoms with Gasteiger partial charge in [0.15, 0.2) is 5.82 Å². The van der Waals surface area contributed by atoms with Crippen molar-refractivity contribution in [2.24, 2.45) is 0 Å². The number of benzene rings is 1. The van der Waals surface area contributed by atoms with Crippen LogP contribution in [0.5, 0.6) is 0 Å². The molecular weight excluding hydrogens is 273 g/mol. The van der Waals surface area contributed by atoms with Crippen molar-refractivity contribution in [3.63, 3.8) is 0 Å². The maximum Gasteiger partial charge on any atom is 0.308 e. The first-order chi connectivity index (χ1) is 9.40. The Morgan fingerprint density at radius 2 is 2.20 bits per heavy atom. The number of halogens is 1. The van der Waals surface area contributed by atoms with Crippen LogP contribution < -0.4 is 5.56 Å². The number of nitro groups is 1. The Kier molecular flexibility index (Phi) is 3.34. The van der Waals surface area contributed by atoms with Crippen molar-refractivity contribution < 1.29 is 19.2 Å². The van der Waals surface area contributed by atoms with Gasteiger partial charge in [-0.05, 0) is 6.07 Å². The van der Waals surface area contributed by atoms with Gasteiger partial charge in [-0.25, -0.2) is 9.07 Å². The number of hydrogen-bond donors (Lipinski definition) is 2. The van der Waals surface area contributed by atoms with Crippen molar-refractivity contribution in [3.05, 3.63) is 56.2 Å². The van der Waals surface area contributed by atoms with Crippen LogP contribution in [0.3, 0.4) is 0 Å². The van der Waals surface area contributed by atoms with E-state index in [1.54, 1.807) is 0 Å². The first-order valence-electron chi connectivity index (χ1n) is 5.35. The van der Waals surface area contributed by atoms with Crippen LogP contribution in [0.25, 0.3) is 5.69 Å². The number of nitrogens with zero attached hydrogens (tertiary/aromatic N) is 2. The molecule has 0 radical (unpaired) electrons. The number of carboxylic acids is 1. The highest BCUT2D eigenvalue weighted by atomic mass is 19.1. The molecule has 2 rings (SSSR count). The minimum atomic E-state index is -1.20. The van der Waals surface area contributed by atoms with Gasteiger partial charge in [-0.1, -0.05) is 0 Å². The van der Waals surface area contributed by atoms with Crippen LogP contribution in [-0.4, -0.2) is 25.8 Å². The summed E-state index contributed by atoms with van der Waals surface area (Å²) in [6.07, 6.45) is 0.647. The zero-order chi connectivity index (χ0) is 14.9. The molecule has 8 nitrogen and oxygen atoms in total. The van der Waals surface area contributed by atoms with Gasteiger partial charge >= 0.3 is 5.97 Å². The van der Waals surface area contributed by atoms with Gasteiger partial charge in [0, 0.05) is 17.8 Å². The van der Waals surface area contributed by atoms with E-state index in [1.165, 1.54) is 0 Å². The van der Waals surface area contributed by atoms with Gasteiger partial charge in [0.1, 0.15) is 5.69 Å². The van der Waals surface area contributed by atoms with Crippen LogP contribution in [0.15, 0.2) is 29.2 Å². The van der Waals surface area contributed by atoms with Crippen LogP contribution in [-0.2, 0) is 11.2 Å². The van der Waals surface area contributed by atoms with Gasteiger partial charge in [0.05, 0.1) is 17.4 Å². The van der Waals surface area contributed by atoms with Crippen LogP contribution in [0.4, 0.5) is 10.1 Å². The zero-order valence-electron chi connectivity index (χ0n) is 9.87. The Morgan fingerprint density at radius 1 is 1.50 bits per heavy atom. The monoisotopic (exact) mass is 281 g/mol. The van der Waals surface area contributed by atoms with Crippen LogP contribution >= 0.6 is 0 Å². The van der Waals surface area contributed by atoms with Crippen molar-refractivity contribution in [2.75, 3.05) is 0 Å². The average Bonchev–Trinajstić information content (AvgIpc) is 2.70. The molecule has 1 aromatic heterocycles. The molecule has 0 amide bonds. The van der Waals surface area contributed by atoms with E-state index in [2.05, 4.69) is 5.10 Å². The Bertz CT molecular complexity index is 749. The third-order valence-electron chi connectivity index (χ3n) is 2.57. The second kappa shape index (κ2) is 4.96. The lowest BCUT2D eigenvalue weighted by Gasteiger charge is -2.02. The lowest BCUT2D eigenvalue weighted by atomic mass is 10.2. The molecule has 20 heavy (non-hydrogen) atoms. The van der Waals surface area contributed by atoms with E-state index >= 15 is 0 Å². The lowest BCUT2D eigenvalue weighted by Crippen LogP contribution is -2.20. The molecule has 104 valence electrons. The van der Waals surface area contributed by atoms with Crippen molar-refractivity contribution in [2.45, 2.75) is 6.42 Å². The molecule has 0 aliphatic rings.